The highest BCUT2D eigenvalue weighted by Gasteiger charge is 2.25. The highest BCUT2D eigenvalue weighted by molar-refractivity contribution is 7.20. The SMILES string of the molecule is Cc1ccccc1NC(=O)c1sc2[nH]c(=O)n(C3CCN(C)CC3)c(=O)c2c1C. The fourth-order valence-electron chi connectivity index (χ4n) is 3.92. The van der Waals surface area contributed by atoms with Crippen LogP contribution in [0, 0.1) is 13.8 Å². The van der Waals surface area contributed by atoms with Gasteiger partial charge in [-0.05, 0) is 64.0 Å². The molecule has 2 N–H and O–H groups in total. The van der Waals surface area contributed by atoms with Crippen LogP contribution in [0.5, 0.6) is 0 Å². The number of nitrogens with zero attached hydrogens (tertiary/aromatic N) is 2. The van der Waals surface area contributed by atoms with Crippen molar-refractivity contribution in [2.24, 2.45) is 0 Å². The number of H-pyrrole nitrogens is 1. The Kier molecular flexibility index (Phi) is 5.14. The van der Waals surface area contributed by atoms with E-state index in [9.17, 15) is 14.4 Å². The lowest BCUT2D eigenvalue weighted by atomic mass is 10.1. The molecule has 0 unspecified atom stereocenters. The second kappa shape index (κ2) is 7.61. The van der Waals surface area contributed by atoms with Crippen molar-refractivity contribution in [1.82, 2.24) is 14.5 Å². The summed E-state index contributed by atoms with van der Waals surface area (Å²) in [5.74, 6) is -0.274. The van der Waals surface area contributed by atoms with Gasteiger partial charge in [0.05, 0.1) is 10.3 Å². The Hall–Kier alpha value is -2.71. The van der Waals surface area contributed by atoms with E-state index in [4.69, 9.17) is 0 Å². The van der Waals surface area contributed by atoms with Gasteiger partial charge in [-0.15, -0.1) is 11.3 Å². The van der Waals surface area contributed by atoms with Gasteiger partial charge in [-0.3, -0.25) is 19.1 Å². The standard InChI is InChI=1S/C21H24N4O3S/c1-12-6-4-5-7-15(12)22-18(26)17-13(2)16-19(29-17)23-21(28)25(20(16)27)14-8-10-24(3)11-9-14/h4-7,14H,8-11H2,1-3H3,(H,22,26)(H,23,28). The number of thiophene rings is 1. The van der Waals surface area contributed by atoms with Gasteiger partial charge in [0.2, 0.25) is 0 Å². The van der Waals surface area contributed by atoms with Crippen molar-refractivity contribution in [2.75, 3.05) is 25.5 Å². The number of rotatable bonds is 3. The number of fused-ring (bicyclic) bond motifs is 1. The van der Waals surface area contributed by atoms with Crippen LogP contribution >= 0.6 is 11.3 Å². The first-order valence-corrected chi connectivity index (χ1v) is 10.5. The minimum Gasteiger partial charge on any atom is -0.321 e. The van der Waals surface area contributed by atoms with Crippen LogP contribution in [0.1, 0.15) is 39.7 Å². The number of aromatic nitrogens is 2. The Balaban J connectivity index is 1.75. The summed E-state index contributed by atoms with van der Waals surface area (Å²) in [7, 11) is 2.04. The quantitative estimate of drug-likeness (QED) is 0.693. The number of hydrogen-bond acceptors (Lipinski definition) is 5. The molecule has 3 heterocycles. The molecule has 0 bridgehead atoms. The Bertz CT molecular complexity index is 1200. The fourth-order valence-corrected chi connectivity index (χ4v) is 5.01. The van der Waals surface area contributed by atoms with Crippen molar-refractivity contribution in [3.05, 3.63) is 61.1 Å². The summed E-state index contributed by atoms with van der Waals surface area (Å²) in [5.41, 5.74) is 1.59. The smallest absolute Gasteiger partial charge is 0.321 e. The molecule has 7 nitrogen and oxygen atoms in total. The first-order chi connectivity index (χ1) is 13.9. The molecule has 4 rings (SSSR count). The number of para-hydroxylation sites is 1. The van der Waals surface area contributed by atoms with Crippen LogP contribution in [0.15, 0.2) is 33.9 Å². The molecule has 1 aliphatic rings. The summed E-state index contributed by atoms with van der Waals surface area (Å²) in [5, 5.41) is 3.34. The molecule has 0 aliphatic carbocycles. The summed E-state index contributed by atoms with van der Waals surface area (Å²) in [6.45, 7) is 5.39. The van der Waals surface area contributed by atoms with E-state index in [0.29, 0.717) is 20.7 Å². The van der Waals surface area contributed by atoms with Crippen LogP contribution in [-0.4, -0.2) is 40.5 Å². The fraction of sp³-hybridized carbons (Fsp3) is 0.381. The number of carbonyl (C=O) groups is 1. The summed E-state index contributed by atoms with van der Waals surface area (Å²) in [6.07, 6.45) is 1.52. The zero-order chi connectivity index (χ0) is 20.7. The van der Waals surface area contributed by atoms with Crippen LogP contribution in [0.4, 0.5) is 5.69 Å². The Morgan fingerprint density at radius 2 is 1.86 bits per heavy atom. The highest BCUT2D eigenvalue weighted by atomic mass is 32.1. The van der Waals surface area contributed by atoms with Gasteiger partial charge in [0.15, 0.2) is 0 Å². The molecule has 29 heavy (non-hydrogen) atoms. The van der Waals surface area contributed by atoms with Crippen molar-refractivity contribution >= 4 is 33.1 Å². The summed E-state index contributed by atoms with van der Waals surface area (Å²) < 4.78 is 1.35. The lowest BCUT2D eigenvalue weighted by molar-refractivity contribution is 0.103. The predicted octanol–water partition coefficient (Wildman–Crippen LogP) is 2.89. The molecule has 0 radical (unpaired) electrons. The number of piperidine rings is 1. The second-order valence-electron chi connectivity index (χ2n) is 7.67. The molecule has 0 saturated carbocycles. The van der Waals surface area contributed by atoms with Gasteiger partial charge in [-0.25, -0.2) is 4.79 Å². The van der Waals surface area contributed by atoms with E-state index in [2.05, 4.69) is 15.2 Å². The van der Waals surface area contributed by atoms with Crippen LogP contribution in [0.2, 0.25) is 0 Å². The molecule has 2 aromatic heterocycles. The number of carbonyl (C=O) groups excluding carboxylic acids is 1. The van der Waals surface area contributed by atoms with Gasteiger partial charge in [0.25, 0.3) is 11.5 Å². The number of benzene rings is 1. The number of nitrogens with one attached hydrogen (secondary N) is 2. The maximum Gasteiger partial charge on any atom is 0.329 e. The Morgan fingerprint density at radius 3 is 2.55 bits per heavy atom. The van der Waals surface area contributed by atoms with Crippen molar-refractivity contribution in [3.63, 3.8) is 0 Å². The maximum atomic E-state index is 13.2. The molecule has 8 heteroatoms. The first-order valence-electron chi connectivity index (χ1n) is 9.70. The van der Waals surface area contributed by atoms with Crippen LogP contribution in [-0.2, 0) is 0 Å². The van der Waals surface area contributed by atoms with E-state index >= 15 is 0 Å². The number of likely N-dealkylation sites (tertiary alicyclic amines) is 1. The summed E-state index contributed by atoms with van der Waals surface area (Å²) >= 11 is 1.15. The molecular formula is C21H24N4O3S. The zero-order valence-electron chi connectivity index (χ0n) is 16.7. The minimum absolute atomic E-state index is 0.115. The van der Waals surface area contributed by atoms with Gasteiger partial charge in [-0.1, -0.05) is 18.2 Å². The number of aryl methyl sites for hydroxylation is 2. The Labute approximate surface area is 172 Å². The molecule has 0 spiro atoms. The van der Waals surface area contributed by atoms with E-state index in [1.54, 1.807) is 6.92 Å². The largest absolute Gasteiger partial charge is 0.329 e. The van der Waals surface area contributed by atoms with Gasteiger partial charge in [0.1, 0.15) is 4.83 Å². The van der Waals surface area contributed by atoms with Gasteiger partial charge >= 0.3 is 5.69 Å². The van der Waals surface area contributed by atoms with E-state index in [-0.39, 0.29) is 17.5 Å². The number of aromatic amines is 1. The summed E-state index contributed by atoms with van der Waals surface area (Å²) in [4.78, 5) is 44.7. The molecule has 1 amide bonds. The molecule has 152 valence electrons. The number of amides is 1. The van der Waals surface area contributed by atoms with Crippen LogP contribution in [0.25, 0.3) is 10.2 Å². The molecule has 1 aliphatic heterocycles. The third-order valence-electron chi connectivity index (χ3n) is 5.67. The van der Waals surface area contributed by atoms with Crippen LogP contribution < -0.4 is 16.6 Å². The molecule has 1 aromatic carbocycles. The van der Waals surface area contributed by atoms with Crippen molar-refractivity contribution in [1.29, 1.82) is 0 Å². The lowest BCUT2D eigenvalue weighted by Crippen LogP contribution is -2.42. The van der Waals surface area contributed by atoms with E-state index in [1.807, 2.05) is 38.2 Å². The molecular weight excluding hydrogens is 388 g/mol. The number of anilines is 1. The minimum atomic E-state index is -0.399. The topological polar surface area (TPSA) is 87.2 Å². The molecule has 3 aromatic rings. The van der Waals surface area contributed by atoms with E-state index in [1.165, 1.54) is 4.57 Å². The van der Waals surface area contributed by atoms with Crippen molar-refractivity contribution in [3.8, 4) is 0 Å². The molecule has 1 fully saturated rings. The maximum absolute atomic E-state index is 13.2. The first kappa shape index (κ1) is 19.6. The average molecular weight is 413 g/mol. The zero-order valence-corrected chi connectivity index (χ0v) is 17.6. The van der Waals surface area contributed by atoms with Gasteiger partial charge in [0, 0.05) is 11.7 Å². The van der Waals surface area contributed by atoms with E-state index < -0.39 is 5.69 Å². The van der Waals surface area contributed by atoms with Gasteiger partial charge < -0.3 is 10.2 Å². The average Bonchev–Trinajstić information content (AvgIpc) is 3.01. The predicted molar refractivity (Wildman–Crippen MR) is 116 cm³/mol. The molecule has 0 atom stereocenters. The van der Waals surface area contributed by atoms with Gasteiger partial charge in [-0.2, -0.15) is 0 Å². The van der Waals surface area contributed by atoms with Crippen molar-refractivity contribution < 1.29 is 4.79 Å². The normalized spacial score (nSPS) is 15.7. The van der Waals surface area contributed by atoms with Crippen molar-refractivity contribution in [2.45, 2.75) is 32.7 Å². The van der Waals surface area contributed by atoms with Crippen LogP contribution in [0.3, 0.4) is 0 Å². The highest BCUT2D eigenvalue weighted by Crippen LogP contribution is 2.28. The third-order valence-corrected chi connectivity index (χ3v) is 6.88. The monoisotopic (exact) mass is 412 g/mol. The third kappa shape index (κ3) is 3.54. The number of hydrogen-bond donors (Lipinski definition) is 2. The Morgan fingerprint density at radius 1 is 1.17 bits per heavy atom. The summed E-state index contributed by atoms with van der Waals surface area (Å²) in [6, 6.07) is 7.41. The molecule has 1 saturated heterocycles. The second-order valence-corrected chi connectivity index (χ2v) is 8.69. The lowest BCUT2D eigenvalue weighted by Gasteiger charge is -2.29. The van der Waals surface area contributed by atoms with E-state index in [0.717, 1.165) is 48.5 Å².